The van der Waals surface area contributed by atoms with Crippen LogP contribution in [0, 0.1) is 5.92 Å². The number of benzene rings is 1. The van der Waals surface area contributed by atoms with Gasteiger partial charge in [0.05, 0.1) is 18.8 Å². The van der Waals surface area contributed by atoms with Crippen LogP contribution in [-0.4, -0.2) is 41.0 Å². The number of amides is 1. The summed E-state index contributed by atoms with van der Waals surface area (Å²) in [4.78, 5) is 24.0. The first-order valence-electron chi connectivity index (χ1n) is 10.7. The summed E-state index contributed by atoms with van der Waals surface area (Å²) in [5, 5.41) is 3.20. The zero-order chi connectivity index (χ0) is 21.5. The van der Waals surface area contributed by atoms with Crippen LogP contribution < -0.4 is 10.1 Å². The van der Waals surface area contributed by atoms with Crippen LogP contribution in [-0.2, 0) is 6.54 Å². The highest BCUT2D eigenvalue weighted by Gasteiger charge is 2.30. The minimum atomic E-state index is -0.156. The Kier molecular flexibility index (Phi) is 6.89. The van der Waals surface area contributed by atoms with Crippen molar-refractivity contribution in [3.8, 4) is 5.75 Å². The van der Waals surface area contributed by atoms with Crippen LogP contribution in [0.2, 0.25) is 0 Å². The molecule has 1 aliphatic heterocycles. The maximum Gasteiger partial charge on any atom is 0.270 e. The zero-order valence-corrected chi connectivity index (χ0v) is 17.8. The van der Waals surface area contributed by atoms with E-state index in [1.807, 2.05) is 42.5 Å². The van der Waals surface area contributed by atoms with E-state index >= 15 is 0 Å². The van der Waals surface area contributed by atoms with Crippen LogP contribution in [0.5, 0.6) is 5.75 Å². The number of methoxy groups -OCH3 is 1. The average Bonchev–Trinajstić information content (AvgIpc) is 2.84. The smallest absolute Gasteiger partial charge is 0.270 e. The third-order valence-corrected chi connectivity index (χ3v) is 5.86. The molecule has 1 aliphatic rings. The molecule has 6 nitrogen and oxygen atoms in total. The molecule has 0 saturated carbocycles. The Balaban J connectivity index is 1.41. The quantitative estimate of drug-likeness (QED) is 0.633. The molecule has 1 atom stereocenters. The molecule has 4 rings (SSSR count). The van der Waals surface area contributed by atoms with Gasteiger partial charge in [0.15, 0.2) is 0 Å². The summed E-state index contributed by atoms with van der Waals surface area (Å²) in [6.45, 7) is 2.89. The van der Waals surface area contributed by atoms with Gasteiger partial charge >= 0.3 is 0 Å². The van der Waals surface area contributed by atoms with E-state index in [0.29, 0.717) is 11.6 Å². The van der Waals surface area contributed by atoms with E-state index in [-0.39, 0.29) is 11.9 Å². The van der Waals surface area contributed by atoms with E-state index in [1.54, 1.807) is 25.6 Å². The Bertz CT molecular complexity index is 956. The molecule has 3 heterocycles. The molecule has 1 saturated heterocycles. The number of hydrogen-bond acceptors (Lipinski definition) is 5. The molecule has 0 spiro atoms. The number of ether oxygens (including phenoxy) is 1. The molecular formula is C25H28N4O2. The van der Waals surface area contributed by atoms with Crippen molar-refractivity contribution in [2.45, 2.75) is 25.4 Å². The molecule has 0 bridgehead atoms. The summed E-state index contributed by atoms with van der Waals surface area (Å²) < 4.78 is 5.25. The van der Waals surface area contributed by atoms with Crippen LogP contribution >= 0.6 is 0 Å². The van der Waals surface area contributed by atoms with Crippen LogP contribution in [0.3, 0.4) is 0 Å². The number of piperidine rings is 1. The van der Waals surface area contributed by atoms with Gasteiger partial charge in [-0.2, -0.15) is 0 Å². The number of nitrogens with zero attached hydrogens (tertiary/aromatic N) is 3. The number of carbonyl (C=O) groups excluding carboxylic acids is 1. The van der Waals surface area contributed by atoms with E-state index in [4.69, 9.17) is 4.74 Å². The zero-order valence-electron chi connectivity index (χ0n) is 17.8. The third-order valence-electron chi connectivity index (χ3n) is 5.86. The molecule has 6 heteroatoms. The summed E-state index contributed by atoms with van der Waals surface area (Å²) in [5.74, 6) is 1.05. The molecule has 31 heavy (non-hydrogen) atoms. The summed E-state index contributed by atoms with van der Waals surface area (Å²) in [6, 6.07) is 19.4. The van der Waals surface area contributed by atoms with E-state index in [1.165, 1.54) is 5.56 Å². The van der Waals surface area contributed by atoms with Gasteiger partial charge in [0.25, 0.3) is 5.91 Å². The Labute approximate surface area is 183 Å². The van der Waals surface area contributed by atoms with Gasteiger partial charge in [0, 0.05) is 18.9 Å². The lowest BCUT2D eigenvalue weighted by Gasteiger charge is -2.36. The second-order valence-corrected chi connectivity index (χ2v) is 7.88. The molecule has 2 aromatic heterocycles. The van der Waals surface area contributed by atoms with Gasteiger partial charge in [-0.25, -0.2) is 0 Å². The fourth-order valence-corrected chi connectivity index (χ4v) is 4.14. The van der Waals surface area contributed by atoms with Crippen molar-refractivity contribution in [1.82, 2.24) is 20.2 Å². The Hall–Kier alpha value is -3.25. The van der Waals surface area contributed by atoms with Gasteiger partial charge in [-0.15, -0.1) is 0 Å². The minimum absolute atomic E-state index is 0.126. The molecule has 1 N–H and O–H groups in total. The molecule has 1 fully saturated rings. The van der Waals surface area contributed by atoms with Crippen molar-refractivity contribution in [2.24, 2.45) is 5.92 Å². The van der Waals surface area contributed by atoms with Crippen LogP contribution in [0.25, 0.3) is 0 Å². The lowest BCUT2D eigenvalue weighted by molar-refractivity contribution is 0.0883. The molecule has 0 aliphatic carbocycles. The van der Waals surface area contributed by atoms with Crippen molar-refractivity contribution in [3.05, 3.63) is 90.0 Å². The van der Waals surface area contributed by atoms with E-state index < -0.39 is 0 Å². The van der Waals surface area contributed by atoms with E-state index in [2.05, 4.69) is 32.3 Å². The monoisotopic (exact) mass is 416 g/mol. The molecule has 0 unspecified atom stereocenters. The molecule has 3 aromatic rings. The summed E-state index contributed by atoms with van der Waals surface area (Å²) in [7, 11) is 1.68. The Morgan fingerprint density at radius 2 is 1.74 bits per heavy atom. The van der Waals surface area contributed by atoms with E-state index in [9.17, 15) is 4.79 Å². The maximum absolute atomic E-state index is 12.8. The van der Waals surface area contributed by atoms with Gasteiger partial charge in [-0.1, -0.05) is 24.3 Å². The van der Waals surface area contributed by atoms with Crippen LogP contribution in [0.1, 0.15) is 40.6 Å². The third kappa shape index (κ3) is 5.47. The molecule has 1 aromatic carbocycles. The van der Waals surface area contributed by atoms with Gasteiger partial charge in [-0.05, 0) is 73.8 Å². The fourth-order valence-electron chi connectivity index (χ4n) is 4.14. The highest BCUT2D eigenvalue weighted by Crippen LogP contribution is 2.31. The first-order chi connectivity index (χ1) is 15.2. The molecule has 1 amide bonds. The summed E-state index contributed by atoms with van der Waals surface area (Å²) in [6.07, 6.45) is 5.43. The highest BCUT2D eigenvalue weighted by atomic mass is 16.5. The van der Waals surface area contributed by atoms with Gasteiger partial charge in [-0.3, -0.25) is 19.7 Å². The van der Waals surface area contributed by atoms with Crippen LogP contribution in [0.4, 0.5) is 0 Å². The summed E-state index contributed by atoms with van der Waals surface area (Å²) in [5.41, 5.74) is 2.62. The topological polar surface area (TPSA) is 67.3 Å². The Morgan fingerprint density at radius 3 is 2.35 bits per heavy atom. The molecular weight excluding hydrogens is 388 g/mol. The van der Waals surface area contributed by atoms with Crippen molar-refractivity contribution in [1.29, 1.82) is 0 Å². The first-order valence-corrected chi connectivity index (χ1v) is 10.7. The number of aromatic nitrogens is 2. The standard InChI is InChI=1S/C25H28N4O2/c1-31-21-10-8-19(9-11-21)18-29-16-12-20(13-17-29)24(22-6-2-4-14-26-22)28-25(30)23-7-3-5-15-27-23/h2-11,14-15,20,24H,12-13,16-18H2,1H3,(H,28,30)/t24-/m0/s1. The average molecular weight is 417 g/mol. The second kappa shape index (κ2) is 10.2. The highest BCUT2D eigenvalue weighted by molar-refractivity contribution is 5.92. The SMILES string of the molecule is COc1ccc(CN2CCC([C@H](NC(=O)c3ccccn3)c3ccccn3)CC2)cc1. The lowest BCUT2D eigenvalue weighted by atomic mass is 9.87. The number of carbonyl (C=O) groups is 1. The van der Waals surface area contributed by atoms with Crippen molar-refractivity contribution < 1.29 is 9.53 Å². The number of hydrogen-bond donors (Lipinski definition) is 1. The van der Waals surface area contributed by atoms with Crippen molar-refractivity contribution in [3.63, 3.8) is 0 Å². The van der Waals surface area contributed by atoms with Crippen molar-refractivity contribution >= 4 is 5.91 Å². The normalized spacial score (nSPS) is 15.9. The fraction of sp³-hybridized carbons (Fsp3) is 0.320. The Morgan fingerprint density at radius 1 is 1.03 bits per heavy atom. The number of likely N-dealkylation sites (tertiary alicyclic amines) is 1. The molecule has 160 valence electrons. The molecule has 0 radical (unpaired) electrons. The first kappa shape index (κ1) is 21.0. The van der Waals surface area contributed by atoms with Gasteiger partial charge in [0.1, 0.15) is 11.4 Å². The lowest BCUT2D eigenvalue weighted by Crippen LogP contribution is -2.41. The maximum atomic E-state index is 12.8. The van der Waals surface area contributed by atoms with Crippen molar-refractivity contribution in [2.75, 3.05) is 20.2 Å². The number of pyridine rings is 2. The van der Waals surface area contributed by atoms with Crippen LogP contribution in [0.15, 0.2) is 73.1 Å². The summed E-state index contributed by atoms with van der Waals surface area (Å²) >= 11 is 0. The second-order valence-electron chi connectivity index (χ2n) is 7.88. The number of rotatable bonds is 7. The van der Waals surface area contributed by atoms with E-state index in [0.717, 1.165) is 43.9 Å². The van der Waals surface area contributed by atoms with Gasteiger partial charge in [0.2, 0.25) is 0 Å². The predicted octanol–water partition coefficient (Wildman–Crippen LogP) is 3.87. The number of nitrogens with one attached hydrogen (secondary N) is 1. The minimum Gasteiger partial charge on any atom is -0.497 e. The largest absolute Gasteiger partial charge is 0.497 e. The predicted molar refractivity (Wildman–Crippen MR) is 120 cm³/mol. The van der Waals surface area contributed by atoms with Gasteiger partial charge < -0.3 is 10.1 Å².